The van der Waals surface area contributed by atoms with Crippen LogP contribution in [0.15, 0.2) is 35.5 Å². The average Bonchev–Trinajstić information content (AvgIpc) is 3.20. The van der Waals surface area contributed by atoms with E-state index in [0.29, 0.717) is 17.0 Å². The van der Waals surface area contributed by atoms with Crippen molar-refractivity contribution in [1.82, 2.24) is 24.7 Å². The summed E-state index contributed by atoms with van der Waals surface area (Å²) in [5, 5.41) is 15.9. The Morgan fingerprint density at radius 1 is 1.25 bits per heavy atom. The van der Waals surface area contributed by atoms with Crippen LogP contribution in [-0.4, -0.2) is 36.3 Å². The Labute approximate surface area is 168 Å². The van der Waals surface area contributed by atoms with Gasteiger partial charge in [0.15, 0.2) is 0 Å². The fraction of sp³-hybridized carbons (Fsp3) is 0.368. The zero-order valence-corrected chi connectivity index (χ0v) is 17.3. The highest BCUT2D eigenvalue weighted by molar-refractivity contribution is 7.99. The number of rotatable bonds is 7. The molecule has 0 aliphatic rings. The molecule has 28 heavy (non-hydrogen) atoms. The number of thioether (sulfide) groups is 1. The maximum absolute atomic E-state index is 12.3. The van der Waals surface area contributed by atoms with Gasteiger partial charge >= 0.3 is 0 Å². The molecule has 0 aliphatic carbocycles. The van der Waals surface area contributed by atoms with E-state index in [9.17, 15) is 4.79 Å². The van der Waals surface area contributed by atoms with Crippen molar-refractivity contribution in [2.45, 2.75) is 45.2 Å². The normalized spacial score (nSPS) is 12.1. The number of amides is 1. The van der Waals surface area contributed by atoms with E-state index in [1.54, 1.807) is 4.68 Å². The molecule has 9 heteroatoms. The van der Waals surface area contributed by atoms with E-state index < -0.39 is 0 Å². The third-order valence-electron chi connectivity index (χ3n) is 4.55. The number of carbonyl (C=O) groups is 1. The molecule has 0 saturated carbocycles. The van der Waals surface area contributed by atoms with Crippen LogP contribution in [0.5, 0.6) is 0 Å². The number of aromatic nitrogens is 5. The van der Waals surface area contributed by atoms with Gasteiger partial charge in [-0.25, -0.2) is 9.36 Å². The highest BCUT2D eigenvalue weighted by Crippen LogP contribution is 2.21. The van der Waals surface area contributed by atoms with Crippen LogP contribution in [-0.2, 0) is 4.79 Å². The molecule has 0 fully saturated rings. The topological polar surface area (TPSA) is 104 Å². The molecule has 0 radical (unpaired) electrons. The van der Waals surface area contributed by atoms with Gasteiger partial charge in [0, 0.05) is 11.4 Å². The zero-order chi connectivity index (χ0) is 20.3. The van der Waals surface area contributed by atoms with Gasteiger partial charge in [-0.1, -0.05) is 37.7 Å². The smallest absolute Gasteiger partial charge is 0.271 e. The summed E-state index contributed by atoms with van der Waals surface area (Å²) < 4.78 is 2.98. The molecule has 0 aliphatic heterocycles. The lowest BCUT2D eigenvalue weighted by molar-refractivity contribution is -0.113. The number of nitrogens with two attached hydrogens (primary N) is 1. The molecule has 3 aromatic rings. The van der Waals surface area contributed by atoms with Gasteiger partial charge in [-0.2, -0.15) is 5.10 Å². The molecule has 0 saturated heterocycles. The second-order valence-corrected chi connectivity index (χ2v) is 7.70. The zero-order valence-electron chi connectivity index (χ0n) is 16.5. The Hall–Kier alpha value is -2.81. The second-order valence-electron chi connectivity index (χ2n) is 6.76. The number of nitrogens with zero attached hydrogens (tertiary/aromatic N) is 5. The first-order valence-corrected chi connectivity index (χ1v) is 10.1. The van der Waals surface area contributed by atoms with Gasteiger partial charge < -0.3 is 11.2 Å². The molecule has 148 valence electrons. The van der Waals surface area contributed by atoms with Crippen LogP contribution in [0, 0.1) is 13.8 Å². The number of anilines is 1. The minimum Gasteiger partial charge on any atom is -0.334 e. The summed E-state index contributed by atoms with van der Waals surface area (Å²) in [6.45, 7) is 8.17. The Kier molecular flexibility index (Phi) is 6.03. The molecule has 1 aromatic carbocycles. The molecule has 1 unspecified atom stereocenters. The minimum atomic E-state index is -0.128. The third kappa shape index (κ3) is 4.36. The van der Waals surface area contributed by atoms with E-state index in [1.165, 1.54) is 22.0 Å². The van der Waals surface area contributed by atoms with Gasteiger partial charge in [0.2, 0.25) is 11.1 Å². The van der Waals surface area contributed by atoms with Crippen molar-refractivity contribution in [2.75, 3.05) is 16.9 Å². The maximum Gasteiger partial charge on any atom is 0.271 e. The van der Waals surface area contributed by atoms with Crippen LogP contribution in [0.1, 0.15) is 43.1 Å². The lowest BCUT2D eigenvalue weighted by Gasteiger charge is -2.10. The van der Waals surface area contributed by atoms with Crippen molar-refractivity contribution in [2.24, 2.45) is 0 Å². The van der Waals surface area contributed by atoms with Crippen molar-refractivity contribution in [3.05, 3.63) is 47.3 Å². The van der Waals surface area contributed by atoms with Gasteiger partial charge in [0.05, 0.1) is 11.4 Å². The maximum atomic E-state index is 12.3. The van der Waals surface area contributed by atoms with Crippen molar-refractivity contribution in [3.63, 3.8) is 0 Å². The average molecular weight is 400 g/mol. The van der Waals surface area contributed by atoms with E-state index in [0.717, 1.165) is 23.5 Å². The van der Waals surface area contributed by atoms with Crippen LogP contribution in [0.4, 0.5) is 5.69 Å². The highest BCUT2D eigenvalue weighted by atomic mass is 32.2. The fourth-order valence-corrected chi connectivity index (χ4v) is 3.45. The number of carbonyl (C=O) groups excluding carboxylic acids is 1. The molecule has 3 N–H and O–H groups in total. The van der Waals surface area contributed by atoms with Gasteiger partial charge in [0.25, 0.3) is 5.95 Å². The van der Waals surface area contributed by atoms with Crippen LogP contribution in [0.3, 0.4) is 0 Å². The molecule has 1 atom stereocenters. The first-order chi connectivity index (χ1) is 13.4. The fourth-order valence-electron chi connectivity index (χ4n) is 2.80. The Bertz CT molecular complexity index is 961. The summed E-state index contributed by atoms with van der Waals surface area (Å²) >= 11 is 1.23. The molecule has 0 spiro atoms. The number of benzene rings is 1. The number of nitrogens with one attached hydrogen (secondary N) is 1. The van der Waals surface area contributed by atoms with Crippen LogP contribution < -0.4 is 11.2 Å². The van der Waals surface area contributed by atoms with E-state index >= 15 is 0 Å². The van der Waals surface area contributed by atoms with Gasteiger partial charge in [-0.05, 0) is 49.9 Å². The largest absolute Gasteiger partial charge is 0.334 e. The Morgan fingerprint density at radius 3 is 2.57 bits per heavy atom. The first-order valence-electron chi connectivity index (χ1n) is 9.15. The van der Waals surface area contributed by atoms with Crippen LogP contribution in [0.25, 0.3) is 5.95 Å². The first kappa shape index (κ1) is 19.9. The minimum absolute atomic E-state index is 0.128. The quantitative estimate of drug-likeness (QED) is 0.467. The molecule has 1 amide bonds. The predicted molar refractivity (Wildman–Crippen MR) is 111 cm³/mol. The monoisotopic (exact) mass is 399 g/mol. The SMILES string of the molecule is CCC(C)c1ccc(NC(=O)CSc2nnc(-n3nc(C)cc3C)n2N)cc1. The number of aryl methyl sites for hydroxylation is 2. The van der Waals surface area contributed by atoms with Crippen molar-refractivity contribution < 1.29 is 4.79 Å². The predicted octanol–water partition coefficient (Wildman–Crippen LogP) is 3.04. The summed E-state index contributed by atoms with van der Waals surface area (Å²) in [5.41, 5.74) is 3.82. The molecular weight excluding hydrogens is 374 g/mol. The summed E-state index contributed by atoms with van der Waals surface area (Å²) in [7, 11) is 0. The lowest BCUT2D eigenvalue weighted by Crippen LogP contribution is -2.18. The van der Waals surface area contributed by atoms with Gasteiger partial charge in [-0.3, -0.25) is 4.79 Å². The standard InChI is InChI=1S/C19H25N7OS/c1-5-12(2)15-6-8-16(9-7-15)21-17(27)11-28-19-23-22-18(25(19)20)26-14(4)10-13(3)24-26/h6-10,12H,5,11,20H2,1-4H3,(H,21,27). The third-order valence-corrected chi connectivity index (χ3v) is 5.50. The van der Waals surface area contributed by atoms with Crippen molar-refractivity contribution in [1.29, 1.82) is 0 Å². The Morgan fingerprint density at radius 2 is 1.96 bits per heavy atom. The van der Waals surface area contributed by atoms with Crippen LogP contribution >= 0.6 is 11.8 Å². The summed E-state index contributed by atoms with van der Waals surface area (Å²) in [6.07, 6.45) is 1.09. The van der Waals surface area contributed by atoms with Crippen molar-refractivity contribution in [3.8, 4) is 5.95 Å². The van der Waals surface area contributed by atoms with Gasteiger partial charge in [0.1, 0.15) is 0 Å². The lowest BCUT2D eigenvalue weighted by atomic mass is 9.99. The van der Waals surface area contributed by atoms with Crippen LogP contribution in [0.2, 0.25) is 0 Å². The van der Waals surface area contributed by atoms with Crippen molar-refractivity contribution >= 4 is 23.4 Å². The molecule has 3 rings (SSSR count). The highest BCUT2D eigenvalue weighted by Gasteiger charge is 2.16. The number of hydrogen-bond acceptors (Lipinski definition) is 6. The summed E-state index contributed by atoms with van der Waals surface area (Å²) in [4.78, 5) is 12.3. The molecule has 8 nitrogen and oxygen atoms in total. The second kappa shape index (κ2) is 8.47. The number of hydrogen-bond donors (Lipinski definition) is 2. The molecule has 0 bridgehead atoms. The molecule has 2 heterocycles. The summed E-state index contributed by atoms with van der Waals surface area (Å²) in [6, 6.07) is 9.89. The summed E-state index contributed by atoms with van der Waals surface area (Å²) in [5.74, 6) is 7.06. The van der Waals surface area contributed by atoms with Gasteiger partial charge in [-0.15, -0.1) is 10.2 Å². The van der Waals surface area contributed by atoms with E-state index in [1.807, 2.05) is 44.2 Å². The Balaban J connectivity index is 1.60. The van der Waals surface area contributed by atoms with E-state index in [2.05, 4.69) is 34.5 Å². The van der Waals surface area contributed by atoms with E-state index in [4.69, 9.17) is 5.84 Å². The molecular formula is C19H25N7OS. The van der Waals surface area contributed by atoms with E-state index in [-0.39, 0.29) is 11.7 Å². The number of nitrogen functional groups attached to an aromatic ring is 1. The molecule has 2 aromatic heterocycles.